The smallest absolute Gasteiger partial charge is 0.306 e. The fourth-order valence-electron chi connectivity index (χ4n) is 0.941. The Kier molecular flexibility index (Phi) is 4.16. The summed E-state index contributed by atoms with van der Waals surface area (Å²) >= 11 is 0. The van der Waals surface area contributed by atoms with Gasteiger partial charge in [0.2, 0.25) is 0 Å². The number of nitrogens with zero attached hydrogens (tertiary/aromatic N) is 1. The third-order valence-corrected chi connectivity index (χ3v) is 1.30. The summed E-state index contributed by atoms with van der Waals surface area (Å²) in [6.07, 6.45) is -0.811. The van der Waals surface area contributed by atoms with E-state index >= 15 is 0 Å². The molecule has 5 heteroatoms. The summed E-state index contributed by atoms with van der Waals surface area (Å²) < 4.78 is 0.554. The van der Waals surface area contributed by atoms with Gasteiger partial charge in [0.05, 0.1) is 27.6 Å². The van der Waals surface area contributed by atoms with Crippen LogP contribution in [0, 0.1) is 0 Å². The van der Waals surface area contributed by atoms with Gasteiger partial charge >= 0.3 is 5.97 Å². The maximum Gasteiger partial charge on any atom is 0.306 e. The van der Waals surface area contributed by atoms with Gasteiger partial charge in [0, 0.05) is 0 Å². The summed E-state index contributed by atoms with van der Waals surface area (Å²) in [5, 5.41) is 16.8. The first-order valence-corrected chi connectivity index (χ1v) is 3.67. The highest BCUT2D eigenvalue weighted by Gasteiger charge is 2.21. The van der Waals surface area contributed by atoms with Gasteiger partial charge in [0.25, 0.3) is 0 Å². The number of carboxylic acids is 1. The molecule has 1 atom stereocenters. The van der Waals surface area contributed by atoms with Crippen molar-refractivity contribution in [2.24, 2.45) is 0 Å². The van der Waals surface area contributed by atoms with Crippen LogP contribution >= 0.6 is 0 Å². The Bertz CT molecular complexity index is 152. The molecule has 0 rings (SSSR count). The van der Waals surface area contributed by atoms with E-state index in [0.29, 0.717) is 11.0 Å². The van der Waals surface area contributed by atoms with E-state index < -0.39 is 12.1 Å². The number of rotatable bonds is 5. The largest absolute Gasteiger partial charge is 0.481 e. The number of quaternary nitrogens is 1. The summed E-state index contributed by atoms with van der Waals surface area (Å²) in [4.78, 5) is 14.3. The number of carbonyl (C=O) groups is 1. The van der Waals surface area contributed by atoms with Crippen molar-refractivity contribution in [1.82, 2.24) is 0 Å². The van der Waals surface area contributed by atoms with Crippen LogP contribution in [0.15, 0.2) is 0 Å². The predicted molar refractivity (Wildman–Crippen MR) is 42.7 cm³/mol. The van der Waals surface area contributed by atoms with E-state index in [2.05, 4.69) is 4.89 Å². The molecule has 0 fully saturated rings. The van der Waals surface area contributed by atoms with Crippen molar-refractivity contribution < 1.29 is 24.5 Å². The first-order chi connectivity index (χ1) is 5.35. The van der Waals surface area contributed by atoms with Crippen LogP contribution in [0.5, 0.6) is 0 Å². The van der Waals surface area contributed by atoms with Gasteiger partial charge in [-0.1, -0.05) is 0 Å². The van der Waals surface area contributed by atoms with E-state index in [9.17, 15) is 4.79 Å². The van der Waals surface area contributed by atoms with Gasteiger partial charge < -0.3 is 9.59 Å². The third-order valence-electron chi connectivity index (χ3n) is 1.30. The Labute approximate surface area is 71.7 Å². The highest BCUT2D eigenvalue weighted by Crippen LogP contribution is 2.02. The zero-order valence-electron chi connectivity index (χ0n) is 7.65. The van der Waals surface area contributed by atoms with E-state index in [-0.39, 0.29) is 6.42 Å². The Balaban J connectivity index is 3.92. The van der Waals surface area contributed by atoms with Crippen molar-refractivity contribution in [3.8, 4) is 0 Å². The van der Waals surface area contributed by atoms with Crippen molar-refractivity contribution in [3.05, 3.63) is 0 Å². The second-order valence-electron chi connectivity index (χ2n) is 3.80. The SMILES string of the molecule is C[N+](C)(C)C[C@@H](CC(=O)O)OO. The Hall–Kier alpha value is -0.650. The third kappa shape index (κ3) is 6.09. The van der Waals surface area contributed by atoms with Crippen LogP contribution < -0.4 is 0 Å². The van der Waals surface area contributed by atoms with Crippen LogP contribution in [0.3, 0.4) is 0 Å². The second-order valence-corrected chi connectivity index (χ2v) is 3.80. The van der Waals surface area contributed by atoms with Gasteiger partial charge in [-0.25, -0.2) is 4.89 Å². The van der Waals surface area contributed by atoms with Crippen LogP contribution in [-0.4, -0.2) is 54.6 Å². The molecule has 0 aromatic heterocycles. The summed E-state index contributed by atoms with van der Waals surface area (Å²) in [5.41, 5.74) is 0. The van der Waals surface area contributed by atoms with Crippen LogP contribution in [0.4, 0.5) is 0 Å². The highest BCUT2D eigenvalue weighted by molar-refractivity contribution is 5.67. The Morgan fingerprint density at radius 2 is 2.00 bits per heavy atom. The minimum Gasteiger partial charge on any atom is -0.481 e. The molecule has 0 radical (unpaired) electrons. The van der Waals surface area contributed by atoms with E-state index in [1.807, 2.05) is 21.1 Å². The van der Waals surface area contributed by atoms with Gasteiger partial charge in [-0.2, -0.15) is 0 Å². The van der Waals surface area contributed by atoms with E-state index in [1.54, 1.807) is 0 Å². The molecule has 0 bridgehead atoms. The van der Waals surface area contributed by atoms with Crippen molar-refractivity contribution in [1.29, 1.82) is 0 Å². The zero-order valence-corrected chi connectivity index (χ0v) is 7.65. The fraction of sp³-hybridized carbons (Fsp3) is 0.857. The molecule has 0 spiro atoms. The average Bonchev–Trinajstić information content (AvgIpc) is 1.82. The highest BCUT2D eigenvalue weighted by atomic mass is 17.1. The summed E-state index contributed by atoms with van der Waals surface area (Å²) in [7, 11) is 5.69. The summed E-state index contributed by atoms with van der Waals surface area (Å²) in [6, 6.07) is 0. The molecule has 0 aliphatic rings. The van der Waals surface area contributed by atoms with Crippen LogP contribution in [0.1, 0.15) is 6.42 Å². The topological polar surface area (TPSA) is 66.8 Å². The first kappa shape index (κ1) is 11.4. The van der Waals surface area contributed by atoms with Crippen LogP contribution in [0.2, 0.25) is 0 Å². The standard InChI is InChI=1S/C7H15NO4/c1-8(2,3)5-6(12-11)4-7(9)10/h6H,4-5H2,1-3H3,(H-,9,10,11)/p+1/t6-/m1/s1. The summed E-state index contributed by atoms with van der Waals surface area (Å²) in [6.45, 7) is 0.461. The fourth-order valence-corrected chi connectivity index (χ4v) is 0.941. The minimum atomic E-state index is -0.970. The molecule has 0 aromatic carbocycles. The van der Waals surface area contributed by atoms with Gasteiger partial charge in [-0.3, -0.25) is 10.1 Å². The van der Waals surface area contributed by atoms with Crippen molar-refractivity contribution in [3.63, 3.8) is 0 Å². The maximum absolute atomic E-state index is 10.3. The van der Waals surface area contributed by atoms with Crippen molar-refractivity contribution in [2.45, 2.75) is 12.5 Å². The molecular weight excluding hydrogens is 162 g/mol. The van der Waals surface area contributed by atoms with Crippen LogP contribution in [-0.2, 0) is 9.68 Å². The lowest BCUT2D eigenvalue weighted by Gasteiger charge is -2.26. The van der Waals surface area contributed by atoms with E-state index in [0.717, 1.165) is 0 Å². The van der Waals surface area contributed by atoms with Gasteiger partial charge in [-0.15, -0.1) is 0 Å². The lowest BCUT2D eigenvalue weighted by molar-refractivity contribution is -0.875. The second kappa shape index (κ2) is 4.39. The molecule has 0 aromatic rings. The Morgan fingerprint density at radius 3 is 2.25 bits per heavy atom. The summed E-state index contributed by atoms with van der Waals surface area (Å²) in [5.74, 6) is -0.970. The van der Waals surface area contributed by atoms with Crippen molar-refractivity contribution >= 4 is 5.97 Å². The predicted octanol–water partition coefficient (Wildman–Crippen LogP) is 0.0255. The minimum absolute atomic E-state index is 0.175. The molecule has 12 heavy (non-hydrogen) atoms. The molecule has 0 saturated heterocycles. The first-order valence-electron chi connectivity index (χ1n) is 3.67. The van der Waals surface area contributed by atoms with E-state index in [4.69, 9.17) is 10.4 Å². The number of likely N-dealkylation sites (N-methyl/N-ethyl adjacent to an activating group) is 1. The molecule has 0 aliphatic heterocycles. The molecule has 0 saturated carbocycles. The lowest BCUT2D eigenvalue weighted by atomic mass is 10.2. The zero-order chi connectivity index (χ0) is 9.78. The molecule has 72 valence electrons. The number of hydrogen-bond acceptors (Lipinski definition) is 3. The van der Waals surface area contributed by atoms with Gasteiger partial charge in [0.1, 0.15) is 6.54 Å². The number of aliphatic carboxylic acids is 1. The average molecular weight is 178 g/mol. The molecule has 5 nitrogen and oxygen atoms in total. The Morgan fingerprint density at radius 1 is 1.50 bits per heavy atom. The molecule has 0 aliphatic carbocycles. The normalized spacial score (nSPS) is 14.3. The molecule has 0 unspecified atom stereocenters. The molecule has 0 heterocycles. The molecule has 2 N–H and O–H groups in total. The van der Waals surface area contributed by atoms with Crippen molar-refractivity contribution in [2.75, 3.05) is 27.7 Å². The maximum atomic E-state index is 10.3. The monoisotopic (exact) mass is 178 g/mol. The molecular formula is C7H16NO4+. The number of carboxylic acid groups (broad SMARTS) is 1. The van der Waals surface area contributed by atoms with Gasteiger partial charge in [0.15, 0.2) is 6.10 Å². The lowest BCUT2D eigenvalue weighted by Crippen LogP contribution is -2.42. The number of hydrogen-bond donors (Lipinski definition) is 2. The van der Waals surface area contributed by atoms with Gasteiger partial charge in [-0.05, 0) is 0 Å². The quantitative estimate of drug-likeness (QED) is 0.354. The van der Waals surface area contributed by atoms with Crippen LogP contribution in [0.25, 0.3) is 0 Å². The molecule has 0 amide bonds. The van der Waals surface area contributed by atoms with E-state index in [1.165, 1.54) is 0 Å².